The van der Waals surface area contributed by atoms with Gasteiger partial charge in [-0.1, -0.05) is 0 Å². The van der Waals surface area contributed by atoms with Crippen LogP contribution in [0.5, 0.6) is 0 Å². The Balaban J connectivity index is 1.58. The third-order valence-electron chi connectivity index (χ3n) is 4.55. The first-order valence-electron chi connectivity index (χ1n) is 8.65. The molecule has 0 aliphatic carbocycles. The third-order valence-corrected chi connectivity index (χ3v) is 4.55. The molecule has 8 heteroatoms. The number of nitrogens with zero attached hydrogens (tertiary/aromatic N) is 4. The number of anilines is 1. The minimum absolute atomic E-state index is 0.154. The van der Waals surface area contributed by atoms with Crippen LogP contribution >= 0.6 is 0 Å². The molecular formula is C17H25N5O3. The van der Waals surface area contributed by atoms with Crippen LogP contribution in [0.25, 0.3) is 0 Å². The Kier molecular flexibility index (Phi) is 5.37. The molecular weight excluding hydrogens is 322 g/mol. The van der Waals surface area contributed by atoms with Gasteiger partial charge in [0.05, 0.1) is 6.54 Å². The number of carbonyl (C=O) groups excluding carboxylic acids is 2. The molecule has 136 valence electrons. The summed E-state index contributed by atoms with van der Waals surface area (Å²) in [6, 6.07) is 3.39. The van der Waals surface area contributed by atoms with Crippen molar-refractivity contribution >= 4 is 17.8 Å². The first kappa shape index (κ1) is 17.5. The average molecular weight is 347 g/mol. The average Bonchev–Trinajstić information content (AvgIpc) is 3.00. The Hall–Kier alpha value is -2.35. The second-order valence-electron chi connectivity index (χ2n) is 6.63. The lowest BCUT2D eigenvalue weighted by atomic mass is 10.2. The van der Waals surface area contributed by atoms with Gasteiger partial charge >= 0.3 is 6.09 Å². The molecule has 0 unspecified atom stereocenters. The van der Waals surface area contributed by atoms with E-state index < -0.39 is 0 Å². The van der Waals surface area contributed by atoms with Gasteiger partial charge < -0.3 is 24.8 Å². The molecule has 0 bridgehead atoms. The van der Waals surface area contributed by atoms with Gasteiger partial charge in [0, 0.05) is 50.5 Å². The van der Waals surface area contributed by atoms with Crippen molar-refractivity contribution in [1.29, 1.82) is 0 Å². The third kappa shape index (κ3) is 4.39. The summed E-state index contributed by atoms with van der Waals surface area (Å²) in [5.74, 6) is 0.675. The Morgan fingerprint density at radius 1 is 1.32 bits per heavy atom. The van der Waals surface area contributed by atoms with E-state index in [1.807, 2.05) is 13.0 Å². The van der Waals surface area contributed by atoms with E-state index in [4.69, 9.17) is 4.74 Å². The molecule has 2 saturated heterocycles. The number of pyridine rings is 1. The largest absolute Gasteiger partial charge is 0.448 e. The molecule has 1 aromatic rings. The lowest BCUT2D eigenvalue weighted by Crippen LogP contribution is -2.45. The van der Waals surface area contributed by atoms with E-state index in [2.05, 4.69) is 27.1 Å². The molecule has 2 aliphatic rings. The first-order chi connectivity index (χ1) is 12.0. The maximum Gasteiger partial charge on any atom is 0.410 e. The second kappa shape index (κ2) is 7.69. The number of hydrogen-bond acceptors (Lipinski definition) is 6. The van der Waals surface area contributed by atoms with E-state index in [0.29, 0.717) is 25.3 Å². The van der Waals surface area contributed by atoms with Crippen LogP contribution in [0.3, 0.4) is 0 Å². The number of likely N-dealkylation sites (N-methyl/N-ethyl adjacent to an activating group) is 1. The predicted octanol–water partition coefficient (Wildman–Crippen LogP) is 0.404. The fraction of sp³-hybridized carbons (Fsp3) is 0.588. The van der Waals surface area contributed by atoms with Crippen molar-refractivity contribution in [3.8, 4) is 0 Å². The number of aromatic nitrogens is 1. The summed E-state index contributed by atoms with van der Waals surface area (Å²) in [5, 5.41) is 2.94. The lowest BCUT2D eigenvalue weighted by Gasteiger charge is -2.33. The van der Waals surface area contributed by atoms with Crippen LogP contribution in [0, 0.1) is 0 Å². The van der Waals surface area contributed by atoms with Crippen molar-refractivity contribution in [1.82, 2.24) is 20.1 Å². The molecule has 8 nitrogen and oxygen atoms in total. The zero-order valence-corrected chi connectivity index (χ0v) is 14.8. The number of cyclic esters (lactones) is 1. The van der Waals surface area contributed by atoms with Gasteiger partial charge in [0.25, 0.3) is 5.91 Å². The monoisotopic (exact) mass is 347 g/mol. The summed E-state index contributed by atoms with van der Waals surface area (Å²) in [6.07, 6.45) is 1.35. The summed E-state index contributed by atoms with van der Waals surface area (Å²) in [7, 11) is 2.10. The fourth-order valence-electron chi connectivity index (χ4n) is 3.04. The molecule has 0 aromatic carbocycles. The number of rotatable bonds is 5. The number of ether oxygens (including phenoxy) is 1. The Morgan fingerprint density at radius 2 is 2.08 bits per heavy atom. The van der Waals surface area contributed by atoms with E-state index in [1.54, 1.807) is 17.2 Å². The van der Waals surface area contributed by atoms with Crippen molar-refractivity contribution in [3.05, 3.63) is 23.9 Å². The van der Waals surface area contributed by atoms with E-state index in [0.717, 1.165) is 32.0 Å². The van der Waals surface area contributed by atoms with Crippen molar-refractivity contribution in [2.75, 3.05) is 57.8 Å². The number of amides is 2. The molecule has 3 rings (SSSR count). The van der Waals surface area contributed by atoms with E-state index in [1.165, 1.54) is 0 Å². The topological polar surface area (TPSA) is 78.0 Å². The van der Waals surface area contributed by atoms with Crippen LogP contribution < -0.4 is 10.2 Å². The summed E-state index contributed by atoms with van der Waals surface area (Å²) in [4.78, 5) is 34.5. The van der Waals surface area contributed by atoms with E-state index in [9.17, 15) is 9.59 Å². The van der Waals surface area contributed by atoms with Crippen LogP contribution in [0.15, 0.2) is 18.3 Å². The van der Waals surface area contributed by atoms with Gasteiger partial charge in [-0.15, -0.1) is 0 Å². The number of hydrogen-bond donors (Lipinski definition) is 1. The van der Waals surface area contributed by atoms with E-state index >= 15 is 0 Å². The maximum atomic E-state index is 12.5. The minimum atomic E-state index is -0.317. The number of nitrogens with one attached hydrogen (secondary N) is 1. The second-order valence-corrected chi connectivity index (χ2v) is 6.63. The zero-order valence-electron chi connectivity index (χ0n) is 14.8. The van der Waals surface area contributed by atoms with Crippen LogP contribution in [0.4, 0.5) is 10.6 Å². The van der Waals surface area contributed by atoms with Crippen LogP contribution in [0.2, 0.25) is 0 Å². The number of piperazine rings is 1. The highest BCUT2D eigenvalue weighted by molar-refractivity contribution is 5.95. The summed E-state index contributed by atoms with van der Waals surface area (Å²) in [5.41, 5.74) is 0.583. The molecule has 25 heavy (non-hydrogen) atoms. The van der Waals surface area contributed by atoms with Crippen LogP contribution in [-0.2, 0) is 4.74 Å². The molecule has 1 atom stereocenters. The molecule has 2 amide bonds. The highest BCUT2D eigenvalue weighted by Gasteiger charge is 2.24. The van der Waals surface area contributed by atoms with Crippen molar-refractivity contribution < 1.29 is 14.3 Å². The predicted molar refractivity (Wildman–Crippen MR) is 93.8 cm³/mol. The highest BCUT2D eigenvalue weighted by Crippen LogP contribution is 2.15. The highest BCUT2D eigenvalue weighted by atomic mass is 16.6. The van der Waals surface area contributed by atoms with Gasteiger partial charge in [0.2, 0.25) is 0 Å². The van der Waals surface area contributed by atoms with Gasteiger partial charge in [-0.3, -0.25) is 4.79 Å². The first-order valence-corrected chi connectivity index (χ1v) is 8.65. The van der Waals surface area contributed by atoms with Crippen LogP contribution in [0.1, 0.15) is 17.3 Å². The Labute approximate surface area is 147 Å². The van der Waals surface area contributed by atoms with Crippen molar-refractivity contribution in [3.63, 3.8) is 0 Å². The summed E-state index contributed by atoms with van der Waals surface area (Å²) in [6.45, 7) is 7.10. The van der Waals surface area contributed by atoms with Crippen molar-refractivity contribution in [2.45, 2.75) is 13.0 Å². The molecule has 1 aromatic heterocycles. The zero-order chi connectivity index (χ0) is 17.8. The summed E-state index contributed by atoms with van der Waals surface area (Å²) < 4.78 is 4.90. The molecule has 0 spiro atoms. The number of carbonyl (C=O) groups is 2. The maximum absolute atomic E-state index is 12.5. The lowest BCUT2D eigenvalue weighted by molar-refractivity contribution is 0.0930. The van der Waals surface area contributed by atoms with Gasteiger partial charge in [-0.2, -0.15) is 0 Å². The van der Waals surface area contributed by atoms with Gasteiger partial charge in [-0.05, 0) is 26.1 Å². The van der Waals surface area contributed by atoms with Crippen LogP contribution in [-0.4, -0.2) is 85.7 Å². The quantitative estimate of drug-likeness (QED) is 0.831. The molecule has 2 fully saturated rings. The SMILES string of the molecule is C[C@@H](CN1CCOC1=O)NC(=O)c1ccnc(N2CCN(C)CC2)c1. The standard InChI is InChI=1S/C17H25N5O3/c1-13(12-22-9-10-25-17(22)24)19-16(23)14-3-4-18-15(11-14)21-7-5-20(2)6-8-21/h3-4,11,13H,5-10,12H2,1-2H3,(H,19,23)/t13-/m0/s1. The Bertz CT molecular complexity index is 630. The molecule has 3 heterocycles. The smallest absolute Gasteiger partial charge is 0.410 e. The molecule has 2 aliphatic heterocycles. The molecule has 0 saturated carbocycles. The summed E-state index contributed by atoms with van der Waals surface area (Å²) >= 11 is 0. The molecule has 1 N–H and O–H groups in total. The van der Waals surface area contributed by atoms with Gasteiger partial charge in [-0.25, -0.2) is 9.78 Å². The van der Waals surface area contributed by atoms with Gasteiger partial charge in [0.15, 0.2) is 0 Å². The fourth-order valence-corrected chi connectivity index (χ4v) is 3.04. The van der Waals surface area contributed by atoms with Gasteiger partial charge in [0.1, 0.15) is 12.4 Å². The normalized spacial score (nSPS) is 19.7. The molecule has 0 radical (unpaired) electrons. The van der Waals surface area contributed by atoms with Crippen molar-refractivity contribution in [2.24, 2.45) is 0 Å². The van der Waals surface area contributed by atoms with E-state index in [-0.39, 0.29) is 18.0 Å². The Morgan fingerprint density at radius 3 is 2.76 bits per heavy atom. The minimum Gasteiger partial charge on any atom is -0.448 e.